The van der Waals surface area contributed by atoms with Gasteiger partial charge in [0.2, 0.25) is 5.88 Å². The van der Waals surface area contributed by atoms with Crippen LogP contribution in [-0.2, 0) is 16.5 Å². The third-order valence-electron chi connectivity index (χ3n) is 4.44. The summed E-state index contributed by atoms with van der Waals surface area (Å²) >= 11 is 0. The van der Waals surface area contributed by atoms with E-state index in [9.17, 15) is 4.79 Å². The van der Waals surface area contributed by atoms with E-state index >= 15 is 0 Å². The molecule has 0 bridgehead atoms. The molecule has 1 unspecified atom stereocenters. The Hall–Kier alpha value is -3.14. The lowest BCUT2D eigenvalue weighted by atomic mass is 10.2. The molecule has 1 amide bonds. The predicted molar refractivity (Wildman–Crippen MR) is 115 cm³/mol. The monoisotopic (exact) mass is 430 g/mol. The van der Waals surface area contributed by atoms with Crippen LogP contribution in [0, 0.1) is 0 Å². The van der Waals surface area contributed by atoms with Crippen molar-refractivity contribution in [1.82, 2.24) is 29.3 Å². The number of nitrogens with zero attached hydrogens (tertiary/aromatic N) is 6. The van der Waals surface area contributed by atoms with Crippen molar-refractivity contribution in [2.24, 2.45) is 7.05 Å². The molecule has 3 aromatic rings. The van der Waals surface area contributed by atoms with Crippen molar-refractivity contribution in [3.8, 4) is 17.1 Å². The van der Waals surface area contributed by atoms with E-state index in [0.29, 0.717) is 25.6 Å². The van der Waals surface area contributed by atoms with Crippen LogP contribution in [0.4, 0.5) is 4.79 Å². The highest BCUT2D eigenvalue weighted by Crippen LogP contribution is 2.22. The van der Waals surface area contributed by atoms with Crippen molar-refractivity contribution in [1.29, 1.82) is 0 Å². The first-order chi connectivity index (χ1) is 14.7. The summed E-state index contributed by atoms with van der Waals surface area (Å²) < 4.78 is 19.3. The Labute approximate surface area is 181 Å². The molecule has 0 saturated carbocycles. The van der Waals surface area contributed by atoms with E-state index in [1.165, 1.54) is 0 Å². The number of aromatic nitrogens is 5. The Balaban J connectivity index is 0.000000180. The zero-order valence-corrected chi connectivity index (χ0v) is 18.9. The second-order valence-electron chi connectivity index (χ2n) is 8.31. The Bertz CT molecular complexity index is 1020. The molecule has 31 heavy (non-hydrogen) atoms. The van der Waals surface area contributed by atoms with Crippen LogP contribution >= 0.6 is 0 Å². The van der Waals surface area contributed by atoms with Crippen molar-refractivity contribution < 1.29 is 19.0 Å². The third kappa shape index (κ3) is 5.94. The highest BCUT2D eigenvalue weighted by atomic mass is 16.6. The van der Waals surface area contributed by atoms with Gasteiger partial charge in [-0.2, -0.15) is 10.2 Å². The second kappa shape index (κ2) is 9.34. The summed E-state index contributed by atoms with van der Waals surface area (Å²) in [5, 5.41) is 8.31. The summed E-state index contributed by atoms with van der Waals surface area (Å²) in [4.78, 5) is 17.7. The zero-order chi connectivity index (χ0) is 22.6. The van der Waals surface area contributed by atoms with Gasteiger partial charge in [-0.1, -0.05) is 0 Å². The van der Waals surface area contributed by atoms with E-state index in [2.05, 4.69) is 15.2 Å². The molecule has 1 fully saturated rings. The lowest BCUT2D eigenvalue weighted by Gasteiger charge is -2.32. The third-order valence-corrected chi connectivity index (χ3v) is 4.44. The number of methoxy groups -OCH3 is 1. The fourth-order valence-corrected chi connectivity index (χ4v) is 3.05. The minimum absolute atomic E-state index is 0.108. The van der Waals surface area contributed by atoms with Crippen molar-refractivity contribution >= 4 is 11.6 Å². The van der Waals surface area contributed by atoms with E-state index < -0.39 is 5.60 Å². The van der Waals surface area contributed by atoms with Crippen LogP contribution < -0.4 is 4.74 Å². The molecular weight excluding hydrogens is 400 g/mol. The van der Waals surface area contributed by atoms with Crippen molar-refractivity contribution in [3.05, 3.63) is 30.9 Å². The number of aryl methyl sites for hydroxylation is 1. The minimum Gasteiger partial charge on any atom is -0.479 e. The lowest BCUT2D eigenvalue weighted by molar-refractivity contribution is -0.0353. The van der Waals surface area contributed by atoms with Gasteiger partial charge in [0.1, 0.15) is 11.1 Å². The SMILES string of the molecule is CC1CN(C(=O)OC(C)(C)C)CCO1.COc1nc(-c2cnn(C)c2)cn2nccc12. The van der Waals surface area contributed by atoms with Crippen molar-refractivity contribution in [2.45, 2.75) is 39.4 Å². The van der Waals surface area contributed by atoms with Crippen LogP contribution in [0.1, 0.15) is 27.7 Å². The average molecular weight is 431 g/mol. The molecule has 0 N–H and O–H groups in total. The first-order valence-corrected chi connectivity index (χ1v) is 10.1. The van der Waals surface area contributed by atoms with Crippen LogP contribution in [0.3, 0.4) is 0 Å². The number of morpholine rings is 1. The summed E-state index contributed by atoms with van der Waals surface area (Å²) in [6.45, 7) is 9.41. The number of rotatable bonds is 2. The second-order valence-corrected chi connectivity index (χ2v) is 8.31. The predicted octanol–water partition coefficient (Wildman–Crippen LogP) is 2.78. The molecule has 1 aliphatic heterocycles. The number of amides is 1. The number of fused-ring (bicyclic) bond motifs is 1. The molecule has 0 radical (unpaired) electrons. The van der Waals surface area contributed by atoms with Crippen LogP contribution in [0.2, 0.25) is 0 Å². The molecule has 4 heterocycles. The first kappa shape index (κ1) is 22.5. The van der Waals surface area contributed by atoms with Crippen LogP contribution in [-0.4, -0.2) is 73.9 Å². The van der Waals surface area contributed by atoms with E-state index in [0.717, 1.165) is 16.8 Å². The zero-order valence-electron chi connectivity index (χ0n) is 18.9. The molecular formula is C21H30N6O4. The standard InChI is InChI=1S/C11H11N5O.C10H19NO3/c1-15-6-8(5-13-15)9-7-16-10(3-4-12-16)11(14-9)17-2;1-8-7-11(5-6-13-8)9(12)14-10(2,3)4/h3-7H,1-2H3;8H,5-7H2,1-4H3. The number of carbonyl (C=O) groups is 1. The molecule has 10 heteroatoms. The quantitative estimate of drug-likeness (QED) is 0.617. The average Bonchev–Trinajstić information content (AvgIpc) is 3.35. The number of ether oxygens (including phenoxy) is 3. The van der Waals surface area contributed by atoms with E-state index in [4.69, 9.17) is 14.2 Å². The highest BCUT2D eigenvalue weighted by Gasteiger charge is 2.26. The molecule has 1 aliphatic rings. The van der Waals surface area contributed by atoms with Gasteiger partial charge in [0.05, 0.1) is 50.6 Å². The van der Waals surface area contributed by atoms with Gasteiger partial charge in [0.25, 0.3) is 0 Å². The molecule has 0 spiro atoms. The van der Waals surface area contributed by atoms with Gasteiger partial charge in [-0.05, 0) is 33.8 Å². The maximum absolute atomic E-state index is 11.6. The lowest BCUT2D eigenvalue weighted by Crippen LogP contribution is -2.46. The normalized spacial score (nSPS) is 16.6. The van der Waals surface area contributed by atoms with Gasteiger partial charge in [0, 0.05) is 25.4 Å². The smallest absolute Gasteiger partial charge is 0.410 e. The fraction of sp³-hybridized carbons (Fsp3) is 0.524. The van der Waals surface area contributed by atoms with E-state index in [1.807, 2.05) is 53.2 Å². The molecule has 4 rings (SSSR count). The van der Waals surface area contributed by atoms with Gasteiger partial charge in [-0.25, -0.2) is 14.3 Å². The molecule has 3 aromatic heterocycles. The first-order valence-electron chi connectivity index (χ1n) is 10.1. The highest BCUT2D eigenvalue weighted by molar-refractivity contribution is 5.68. The topological polar surface area (TPSA) is 96.0 Å². The molecule has 1 atom stereocenters. The van der Waals surface area contributed by atoms with Gasteiger partial charge in [0.15, 0.2) is 0 Å². The van der Waals surface area contributed by atoms with Gasteiger partial charge in [-0.3, -0.25) is 4.68 Å². The van der Waals surface area contributed by atoms with Crippen LogP contribution in [0.5, 0.6) is 5.88 Å². The summed E-state index contributed by atoms with van der Waals surface area (Å²) in [5.41, 5.74) is 2.15. The Kier molecular flexibility index (Phi) is 6.79. The summed E-state index contributed by atoms with van der Waals surface area (Å²) in [6, 6.07) is 1.86. The van der Waals surface area contributed by atoms with E-state index in [1.54, 1.807) is 33.6 Å². The fourth-order valence-electron chi connectivity index (χ4n) is 3.05. The molecule has 0 aromatic carbocycles. The maximum Gasteiger partial charge on any atom is 0.410 e. The van der Waals surface area contributed by atoms with Gasteiger partial charge < -0.3 is 19.1 Å². The van der Waals surface area contributed by atoms with Crippen molar-refractivity contribution in [2.75, 3.05) is 26.8 Å². The largest absolute Gasteiger partial charge is 0.479 e. The van der Waals surface area contributed by atoms with Gasteiger partial charge >= 0.3 is 6.09 Å². The maximum atomic E-state index is 11.6. The Morgan fingerprint density at radius 2 is 2.03 bits per heavy atom. The summed E-state index contributed by atoms with van der Waals surface area (Å²) in [6.07, 6.45) is 7.10. The van der Waals surface area contributed by atoms with Gasteiger partial charge in [-0.15, -0.1) is 0 Å². The number of carbonyl (C=O) groups excluding carboxylic acids is 1. The molecule has 1 saturated heterocycles. The van der Waals surface area contributed by atoms with E-state index in [-0.39, 0.29) is 12.2 Å². The number of hydrogen-bond acceptors (Lipinski definition) is 7. The Morgan fingerprint density at radius 1 is 1.26 bits per heavy atom. The molecule has 10 nitrogen and oxygen atoms in total. The molecule has 168 valence electrons. The van der Waals surface area contributed by atoms with Crippen LogP contribution in [0.25, 0.3) is 16.8 Å². The summed E-state index contributed by atoms with van der Waals surface area (Å²) in [5.74, 6) is 0.559. The number of hydrogen-bond donors (Lipinski definition) is 0. The van der Waals surface area contributed by atoms with Crippen molar-refractivity contribution in [3.63, 3.8) is 0 Å². The molecule has 0 aliphatic carbocycles. The minimum atomic E-state index is -0.418. The van der Waals surface area contributed by atoms with Crippen LogP contribution in [0.15, 0.2) is 30.9 Å². The summed E-state index contributed by atoms with van der Waals surface area (Å²) in [7, 11) is 3.47. The Morgan fingerprint density at radius 3 is 2.65 bits per heavy atom.